The summed E-state index contributed by atoms with van der Waals surface area (Å²) in [4.78, 5) is 11.7. The fourth-order valence-electron chi connectivity index (χ4n) is 3.11. The summed E-state index contributed by atoms with van der Waals surface area (Å²) >= 11 is 0. The van der Waals surface area contributed by atoms with E-state index >= 15 is 0 Å². The average molecular weight is 231 g/mol. The molecule has 1 amide bonds. The van der Waals surface area contributed by atoms with Gasteiger partial charge in [0.1, 0.15) is 0 Å². The van der Waals surface area contributed by atoms with Gasteiger partial charge < -0.3 is 10.1 Å². The molecular weight excluding hydrogens is 214 g/mol. The smallest absolute Gasteiger partial charge is 0.221 e. The number of amides is 1. The Hall–Kier alpha value is -1.35. The minimum atomic E-state index is 0.0800. The van der Waals surface area contributed by atoms with Crippen molar-refractivity contribution in [1.82, 2.24) is 5.32 Å². The molecule has 3 nitrogen and oxygen atoms in total. The van der Waals surface area contributed by atoms with Crippen molar-refractivity contribution in [1.29, 1.82) is 0 Å². The number of ether oxygens (including phenoxy) is 1. The average Bonchev–Trinajstić information content (AvgIpc) is 2.68. The van der Waals surface area contributed by atoms with Gasteiger partial charge in [0.05, 0.1) is 6.04 Å². The van der Waals surface area contributed by atoms with Crippen molar-refractivity contribution in [3.05, 3.63) is 35.9 Å². The molecule has 0 bridgehead atoms. The van der Waals surface area contributed by atoms with Crippen LogP contribution in [-0.4, -0.2) is 19.1 Å². The Kier molecular flexibility index (Phi) is 2.63. The fourth-order valence-corrected chi connectivity index (χ4v) is 3.11. The number of carbonyl (C=O) groups is 1. The standard InChI is InChI=1S/C14H17NO2/c16-12-10-14(6-8-17-9-7-14)13(15-12)11-4-2-1-3-5-11/h1-5,13H,6-10H2,(H,15,16). The van der Waals surface area contributed by atoms with Crippen LogP contribution in [0.2, 0.25) is 0 Å². The maximum atomic E-state index is 11.7. The Balaban J connectivity index is 1.94. The van der Waals surface area contributed by atoms with Crippen LogP contribution in [0.1, 0.15) is 30.9 Å². The van der Waals surface area contributed by atoms with Crippen LogP contribution in [0.5, 0.6) is 0 Å². The molecule has 2 aliphatic rings. The molecule has 1 unspecified atom stereocenters. The zero-order chi connectivity index (χ0) is 11.7. The number of hydrogen-bond donors (Lipinski definition) is 1. The van der Waals surface area contributed by atoms with E-state index in [1.807, 2.05) is 18.2 Å². The van der Waals surface area contributed by atoms with Gasteiger partial charge in [-0.15, -0.1) is 0 Å². The largest absolute Gasteiger partial charge is 0.381 e. The lowest BCUT2D eigenvalue weighted by atomic mass is 9.72. The van der Waals surface area contributed by atoms with Crippen molar-refractivity contribution >= 4 is 5.91 Å². The predicted molar refractivity (Wildman–Crippen MR) is 64.4 cm³/mol. The van der Waals surface area contributed by atoms with Gasteiger partial charge in [0.15, 0.2) is 0 Å². The van der Waals surface area contributed by atoms with E-state index in [4.69, 9.17) is 4.74 Å². The zero-order valence-corrected chi connectivity index (χ0v) is 9.82. The molecule has 3 heteroatoms. The van der Waals surface area contributed by atoms with Crippen molar-refractivity contribution < 1.29 is 9.53 Å². The molecule has 0 aliphatic carbocycles. The highest BCUT2D eigenvalue weighted by Crippen LogP contribution is 2.48. The van der Waals surface area contributed by atoms with Crippen molar-refractivity contribution in [3.8, 4) is 0 Å². The summed E-state index contributed by atoms with van der Waals surface area (Å²) in [5.74, 6) is 0.181. The van der Waals surface area contributed by atoms with Crippen molar-refractivity contribution in [2.75, 3.05) is 13.2 Å². The van der Waals surface area contributed by atoms with Gasteiger partial charge in [0, 0.05) is 25.0 Å². The Bertz CT molecular complexity index is 409. The summed E-state index contributed by atoms with van der Waals surface area (Å²) in [6, 6.07) is 10.5. The molecule has 1 atom stereocenters. The molecule has 17 heavy (non-hydrogen) atoms. The Morgan fingerprint density at radius 1 is 1.18 bits per heavy atom. The molecule has 2 heterocycles. The first-order valence-corrected chi connectivity index (χ1v) is 6.22. The highest BCUT2D eigenvalue weighted by molar-refractivity contribution is 5.80. The van der Waals surface area contributed by atoms with Crippen molar-refractivity contribution in [2.24, 2.45) is 5.41 Å². The van der Waals surface area contributed by atoms with Crippen LogP contribution < -0.4 is 5.32 Å². The zero-order valence-electron chi connectivity index (χ0n) is 9.82. The van der Waals surface area contributed by atoms with Crippen LogP contribution in [0.25, 0.3) is 0 Å². The second kappa shape index (κ2) is 4.15. The lowest BCUT2D eigenvalue weighted by molar-refractivity contribution is -0.120. The van der Waals surface area contributed by atoms with Gasteiger partial charge in [0.2, 0.25) is 5.91 Å². The first-order chi connectivity index (χ1) is 8.30. The van der Waals surface area contributed by atoms with Crippen LogP contribution in [0, 0.1) is 5.41 Å². The molecule has 0 aromatic heterocycles. The van der Waals surface area contributed by atoms with Crippen LogP contribution >= 0.6 is 0 Å². The maximum Gasteiger partial charge on any atom is 0.221 e. The van der Waals surface area contributed by atoms with E-state index in [1.54, 1.807) is 0 Å². The summed E-state index contributed by atoms with van der Waals surface area (Å²) in [5.41, 5.74) is 1.30. The third kappa shape index (κ3) is 1.84. The molecule has 1 aromatic rings. The molecule has 0 radical (unpaired) electrons. The summed E-state index contributed by atoms with van der Waals surface area (Å²) in [7, 11) is 0. The summed E-state index contributed by atoms with van der Waals surface area (Å²) in [5, 5.41) is 3.14. The number of benzene rings is 1. The van der Waals surface area contributed by atoms with E-state index in [9.17, 15) is 4.79 Å². The summed E-state index contributed by atoms with van der Waals surface area (Å²) in [6.07, 6.45) is 2.60. The fraction of sp³-hybridized carbons (Fsp3) is 0.500. The molecular formula is C14H17NO2. The first-order valence-electron chi connectivity index (χ1n) is 6.22. The molecule has 1 aromatic carbocycles. The minimum absolute atomic E-state index is 0.0800. The van der Waals surface area contributed by atoms with E-state index in [1.165, 1.54) is 5.56 Å². The second-order valence-electron chi connectivity index (χ2n) is 5.06. The van der Waals surface area contributed by atoms with Gasteiger partial charge in [-0.3, -0.25) is 4.79 Å². The van der Waals surface area contributed by atoms with Gasteiger partial charge in [-0.25, -0.2) is 0 Å². The SMILES string of the molecule is O=C1CC2(CCOCC2)C(c2ccccc2)N1. The molecule has 90 valence electrons. The summed E-state index contributed by atoms with van der Waals surface area (Å²) in [6.45, 7) is 1.55. The molecule has 3 rings (SSSR count). The Morgan fingerprint density at radius 2 is 1.88 bits per heavy atom. The Labute approximate surface area is 101 Å². The Morgan fingerprint density at radius 3 is 2.59 bits per heavy atom. The van der Waals surface area contributed by atoms with E-state index in [0.717, 1.165) is 26.1 Å². The number of nitrogens with one attached hydrogen (secondary N) is 1. The van der Waals surface area contributed by atoms with Crippen LogP contribution in [0.3, 0.4) is 0 Å². The highest BCUT2D eigenvalue weighted by atomic mass is 16.5. The molecule has 2 aliphatic heterocycles. The highest BCUT2D eigenvalue weighted by Gasteiger charge is 2.48. The van der Waals surface area contributed by atoms with E-state index in [-0.39, 0.29) is 17.4 Å². The second-order valence-corrected chi connectivity index (χ2v) is 5.06. The number of rotatable bonds is 1. The summed E-state index contributed by atoms with van der Waals surface area (Å²) < 4.78 is 5.44. The van der Waals surface area contributed by atoms with Gasteiger partial charge in [-0.2, -0.15) is 0 Å². The van der Waals surface area contributed by atoms with E-state index < -0.39 is 0 Å². The lowest BCUT2D eigenvalue weighted by Gasteiger charge is -2.37. The van der Waals surface area contributed by atoms with Crippen LogP contribution in [0.4, 0.5) is 0 Å². The molecule has 2 saturated heterocycles. The monoisotopic (exact) mass is 231 g/mol. The van der Waals surface area contributed by atoms with Crippen LogP contribution in [-0.2, 0) is 9.53 Å². The van der Waals surface area contributed by atoms with Gasteiger partial charge in [-0.05, 0) is 18.4 Å². The minimum Gasteiger partial charge on any atom is -0.381 e. The van der Waals surface area contributed by atoms with Crippen molar-refractivity contribution in [2.45, 2.75) is 25.3 Å². The topological polar surface area (TPSA) is 38.3 Å². The van der Waals surface area contributed by atoms with Crippen LogP contribution in [0.15, 0.2) is 30.3 Å². The molecule has 1 N–H and O–H groups in total. The third-order valence-corrected chi connectivity index (χ3v) is 4.05. The van der Waals surface area contributed by atoms with Gasteiger partial charge >= 0.3 is 0 Å². The maximum absolute atomic E-state index is 11.7. The number of carbonyl (C=O) groups excluding carboxylic acids is 1. The third-order valence-electron chi connectivity index (χ3n) is 4.05. The lowest BCUT2D eigenvalue weighted by Crippen LogP contribution is -2.34. The molecule has 0 saturated carbocycles. The quantitative estimate of drug-likeness (QED) is 0.803. The number of hydrogen-bond acceptors (Lipinski definition) is 2. The van der Waals surface area contributed by atoms with E-state index in [2.05, 4.69) is 17.4 Å². The van der Waals surface area contributed by atoms with Gasteiger partial charge in [-0.1, -0.05) is 30.3 Å². The normalized spacial score (nSPS) is 27.1. The predicted octanol–water partition coefficient (Wildman–Crippen LogP) is 2.04. The van der Waals surface area contributed by atoms with Gasteiger partial charge in [0.25, 0.3) is 0 Å². The first kappa shape index (κ1) is 10.8. The molecule has 2 fully saturated rings. The van der Waals surface area contributed by atoms with E-state index in [0.29, 0.717) is 6.42 Å². The molecule has 1 spiro atoms. The van der Waals surface area contributed by atoms with Crippen molar-refractivity contribution in [3.63, 3.8) is 0 Å².